The third kappa shape index (κ3) is 4.18. The van der Waals surface area contributed by atoms with Crippen molar-refractivity contribution in [3.05, 3.63) is 38.6 Å². The molecule has 1 aromatic carbocycles. The van der Waals surface area contributed by atoms with Crippen molar-refractivity contribution in [3.63, 3.8) is 0 Å². The van der Waals surface area contributed by atoms with Crippen molar-refractivity contribution in [1.82, 2.24) is 10.3 Å². The molecule has 0 aliphatic rings. The van der Waals surface area contributed by atoms with Crippen molar-refractivity contribution in [2.24, 2.45) is 0 Å². The largest absolute Gasteiger partial charge is 0.316 e. The van der Waals surface area contributed by atoms with E-state index in [-0.39, 0.29) is 0 Å². The average Bonchev–Trinajstić information content (AvgIpc) is 2.83. The van der Waals surface area contributed by atoms with Crippen molar-refractivity contribution in [3.8, 4) is 11.3 Å². The summed E-state index contributed by atoms with van der Waals surface area (Å²) in [5.74, 6) is 0. The zero-order chi connectivity index (χ0) is 13.7. The SMILES string of the molecule is CCCNCCc1nc(-c2ccc(Cl)cc2Cl)cs1. The fourth-order valence-corrected chi connectivity index (χ4v) is 3.05. The lowest BCUT2D eigenvalue weighted by molar-refractivity contribution is 0.670. The highest BCUT2D eigenvalue weighted by Gasteiger charge is 2.08. The first-order valence-electron chi connectivity index (χ1n) is 6.31. The Morgan fingerprint density at radius 2 is 2.11 bits per heavy atom. The summed E-state index contributed by atoms with van der Waals surface area (Å²) in [7, 11) is 0. The molecular formula is C14H16Cl2N2S. The predicted octanol–water partition coefficient (Wildman–Crippen LogP) is 4.66. The number of thiazole rings is 1. The fourth-order valence-electron chi connectivity index (χ4n) is 1.74. The molecule has 0 amide bonds. The summed E-state index contributed by atoms with van der Waals surface area (Å²) in [6.07, 6.45) is 2.11. The van der Waals surface area contributed by atoms with Crippen LogP contribution in [0.1, 0.15) is 18.4 Å². The topological polar surface area (TPSA) is 24.9 Å². The molecule has 19 heavy (non-hydrogen) atoms. The average molecular weight is 315 g/mol. The highest BCUT2D eigenvalue weighted by atomic mass is 35.5. The Morgan fingerprint density at radius 3 is 2.84 bits per heavy atom. The van der Waals surface area contributed by atoms with E-state index in [9.17, 15) is 0 Å². The number of halogens is 2. The van der Waals surface area contributed by atoms with E-state index in [4.69, 9.17) is 23.2 Å². The second kappa shape index (κ2) is 7.25. The third-order valence-corrected chi connectivity index (χ3v) is 4.16. The van der Waals surface area contributed by atoms with Crippen LogP contribution in [0.5, 0.6) is 0 Å². The second-order valence-electron chi connectivity index (χ2n) is 4.25. The molecule has 0 saturated carbocycles. The minimum atomic E-state index is 0.646. The normalized spacial score (nSPS) is 10.9. The lowest BCUT2D eigenvalue weighted by Crippen LogP contribution is -2.17. The molecule has 1 aromatic heterocycles. The Balaban J connectivity index is 2.04. The van der Waals surface area contributed by atoms with Gasteiger partial charge in [-0.3, -0.25) is 0 Å². The van der Waals surface area contributed by atoms with E-state index in [2.05, 4.69) is 17.2 Å². The van der Waals surface area contributed by atoms with Gasteiger partial charge in [0.2, 0.25) is 0 Å². The summed E-state index contributed by atoms with van der Waals surface area (Å²) in [5, 5.41) is 7.84. The number of hydrogen-bond acceptors (Lipinski definition) is 3. The Bertz CT molecular complexity index is 540. The molecule has 0 aliphatic carbocycles. The summed E-state index contributed by atoms with van der Waals surface area (Å²) in [4.78, 5) is 4.62. The maximum atomic E-state index is 6.19. The zero-order valence-electron chi connectivity index (χ0n) is 10.7. The predicted molar refractivity (Wildman–Crippen MR) is 84.4 cm³/mol. The molecule has 0 unspecified atom stereocenters. The molecule has 0 saturated heterocycles. The van der Waals surface area contributed by atoms with Gasteiger partial charge in [-0.1, -0.05) is 30.1 Å². The molecule has 5 heteroatoms. The highest BCUT2D eigenvalue weighted by molar-refractivity contribution is 7.09. The van der Waals surface area contributed by atoms with Crippen LogP contribution in [-0.4, -0.2) is 18.1 Å². The Morgan fingerprint density at radius 1 is 1.26 bits per heavy atom. The minimum Gasteiger partial charge on any atom is -0.316 e. The van der Waals surface area contributed by atoms with E-state index in [1.54, 1.807) is 17.4 Å². The molecule has 2 rings (SSSR count). The van der Waals surface area contributed by atoms with Gasteiger partial charge in [-0.25, -0.2) is 4.98 Å². The van der Waals surface area contributed by atoms with Crippen LogP contribution in [0.25, 0.3) is 11.3 Å². The number of aromatic nitrogens is 1. The summed E-state index contributed by atoms with van der Waals surface area (Å²) < 4.78 is 0. The molecule has 0 radical (unpaired) electrons. The number of hydrogen-bond donors (Lipinski definition) is 1. The van der Waals surface area contributed by atoms with E-state index >= 15 is 0 Å². The van der Waals surface area contributed by atoms with Crippen molar-refractivity contribution in [2.75, 3.05) is 13.1 Å². The van der Waals surface area contributed by atoms with Gasteiger partial charge in [-0.15, -0.1) is 11.3 Å². The fraction of sp³-hybridized carbons (Fsp3) is 0.357. The summed E-state index contributed by atoms with van der Waals surface area (Å²) in [6.45, 7) is 4.19. The van der Waals surface area contributed by atoms with Crippen LogP contribution in [0.4, 0.5) is 0 Å². The molecule has 1 heterocycles. The molecular weight excluding hydrogens is 299 g/mol. The van der Waals surface area contributed by atoms with Crippen molar-refractivity contribution >= 4 is 34.5 Å². The number of nitrogens with one attached hydrogen (secondary N) is 1. The Kier molecular flexibility index (Phi) is 5.64. The van der Waals surface area contributed by atoms with E-state index in [0.29, 0.717) is 10.0 Å². The van der Waals surface area contributed by atoms with E-state index < -0.39 is 0 Å². The van der Waals surface area contributed by atoms with Gasteiger partial charge in [-0.2, -0.15) is 0 Å². The molecule has 0 atom stereocenters. The van der Waals surface area contributed by atoms with Crippen LogP contribution in [-0.2, 0) is 6.42 Å². The second-order valence-corrected chi connectivity index (χ2v) is 6.04. The van der Waals surface area contributed by atoms with Crippen molar-refractivity contribution < 1.29 is 0 Å². The smallest absolute Gasteiger partial charge is 0.0945 e. The number of nitrogens with zero attached hydrogens (tertiary/aromatic N) is 1. The van der Waals surface area contributed by atoms with Gasteiger partial charge >= 0.3 is 0 Å². The molecule has 0 spiro atoms. The van der Waals surface area contributed by atoms with Gasteiger partial charge in [0.15, 0.2) is 0 Å². The molecule has 0 fully saturated rings. The first-order chi connectivity index (χ1) is 9.20. The molecule has 102 valence electrons. The summed E-state index contributed by atoms with van der Waals surface area (Å²) in [5.41, 5.74) is 1.87. The molecule has 0 aliphatic heterocycles. The quantitative estimate of drug-likeness (QED) is 0.784. The van der Waals surface area contributed by atoms with Gasteiger partial charge in [0.25, 0.3) is 0 Å². The Hall–Kier alpha value is -0.610. The molecule has 2 aromatic rings. The first-order valence-corrected chi connectivity index (χ1v) is 7.95. The van der Waals surface area contributed by atoms with Crippen LogP contribution in [0, 0.1) is 0 Å². The van der Waals surface area contributed by atoms with Crippen molar-refractivity contribution in [1.29, 1.82) is 0 Å². The molecule has 1 N–H and O–H groups in total. The maximum Gasteiger partial charge on any atom is 0.0945 e. The van der Waals surface area contributed by atoms with Crippen LogP contribution < -0.4 is 5.32 Å². The molecule has 0 bridgehead atoms. The Labute approximate surface area is 127 Å². The van der Waals surface area contributed by atoms with Crippen LogP contribution >= 0.6 is 34.5 Å². The summed E-state index contributed by atoms with van der Waals surface area (Å²) >= 11 is 13.8. The lowest BCUT2D eigenvalue weighted by Gasteiger charge is -2.01. The standard InChI is InChI=1S/C14H16Cl2N2S/c1-2-6-17-7-5-14-18-13(9-19-14)11-4-3-10(15)8-12(11)16/h3-4,8-9,17H,2,5-7H2,1H3. The summed E-state index contributed by atoms with van der Waals surface area (Å²) in [6, 6.07) is 5.50. The van der Waals surface area contributed by atoms with Gasteiger partial charge in [0.05, 0.1) is 15.7 Å². The van der Waals surface area contributed by atoms with Crippen molar-refractivity contribution in [2.45, 2.75) is 19.8 Å². The maximum absolute atomic E-state index is 6.19. The van der Waals surface area contributed by atoms with Crippen LogP contribution in [0.15, 0.2) is 23.6 Å². The van der Waals surface area contributed by atoms with Gasteiger partial charge < -0.3 is 5.32 Å². The van der Waals surface area contributed by atoms with E-state index in [1.807, 2.05) is 17.5 Å². The van der Waals surface area contributed by atoms with Crippen LogP contribution in [0.2, 0.25) is 10.0 Å². The van der Waals surface area contributed by atoms with Crippen LogP contribution in [0.3, 0.4) is 0 Å². The zero-order valence-corrected chi connectivity index (χ0v) is 13.1. The monoisotopic (exact) mass is 314 g/mol. The minimum absolute atomic E-state index is 0.646. The number of benzene rings is 1. The van der Waals surface area contributed by atoms with E-state index in [1.165, 1.54) is 0 Å². The van der Waals surface area contributed by atoms with E-state index in [0.717, 1.165) is 42.2 Å². The van der Waals surface area contributed by atoms with Gasteiger partial charge in [0, 0.05) is 28.9 Å². The van der Waals surface area contributed by atoms with Gasteiger partial charge in [-0.05, 0) is 31.2 Å². The lowest BCUT2D eigenvalue weighted by atomic mass is 10.2. The third-order valence-electron chi connectivity index (χ3n) is 2.70. The highest BCUT2D eigenvalue weighted by Crippen LogP contribution is 2.31. The van der Waals surface area contributed by atoms with Gasteiger partial charge in [0.1, 0.15) is 0 Å². The number of rotatable bonds is 6. The molecule has 2 nitrogen and oxygen atoms in total. The first kappa shape index (κ1) is 14.8.